The van der Waals surface area contributed by atoms with Crippen molar-refractivity contribution < 1.29 is 24.2 Å². The van der Waals surface area contributed by atoms with Gasteiger partial charge in [0.25, 0.3) is 0 Å². The van der Waals surface area contributed by atoms with Crippen LogP contribution in [0.1, 0.15) is 69.4 Å². The van der Waals surface area contributed by atoms with E-state index in [0.717, 1.165) is 44.9 Å². The smallest absolute Gasteiger partial charge is 0.335 e. The Labute approximate surface area is 250 Å². The van der Waals surface area contributed by atoms with Gasteiger partial charge in [0.05, 0.1) is 25.4 Å². The number of carbonyl (C=O) groups excluding carboxylic acids is 2. The normalized spacial score (nSPS) is 17.4. The monoisotopic (exact) mass is 568 g/mol. The summed E-state index contributed by atoms with van der Waals surface area (Å²) >= 11 is 0. The lowest BCUT2D eigenvalue weighted by atomic mass is 9.75. The Bertz CT molecular complexity index is 1400. The number of aliphatic hydroxyl groups is 1. The van der Waals surface area contributed by atoms with Gasteiger partial charge in [0.1, 0.15) is 0 Å². The topological polar surface area (TPSA) is 72.8 Å². The van der Waals surface area contributed by atoms with E-state index in [1.54, 1.807) is 6.92 Å². The van der Waals surface area contributed by atoms with Gasteiger partial charge >= 0.3 is 11.9 Å². The highest BCUT2D eigenvalue weighted by molar-refractivity contribution is 5.89. The first-order valence-electron chi connectivity index (χ1n) is 15.2. The van der Waals surface area contributed by atoms with Crippen molar-refractivity contribution in [2.45, 2.75) is 64.7 Å². The van der Waals surface area contributed by atoms with Crippen molar-refractivity contribution in [2.24, 2.45) is 11.8 Å². The quantitative estimate of drug-likeness (QED) is 0.167. The van der Waals surface area contributed by atoms with Gasteiger partial charge in [-0.15, -0.1) is 0 Å². The molecule has 3 aromatic carbocycles. The first-order valence-corrected chi connectivity index (χ1v) is 15.2. The number of ether oxygens (including phenoxy) is 2. The van der Waals surface area contributed by atoms with E-state index in [2.05, 4.69) is 80.7 Å². The van der Waals surface area contributed by atoms with Crippen LogP contribution in [0.2, 0.25) is 0 Å². The zero-order valence-corrected chi connectivity index (χ0v) is 25.1. The van der Waals surface area contributed by atoms with Gasteiger partial charge in [-0.25, -0.2) is 9.59 Å². The fourth-order valence-corrected chi connectivity index (χ4v) is 5.91. The number of aryl methyl sites for hydroxylation is 1. The number of rotatable bonds is 13. The second kappa shape index (κ2) is 15.0. The Balaban J connectivity index is 1.35. The Morgan fingerprint density at radius 3 is 2.12 bits per heavy atom. The summed E-state index contributed by atoms with van der Waals surface area (Å²) in [5.74, 6) is -0.208. The van der Waals surface area contributed by atoms with Gasteiger partial charge in [-0.3, -0.25) is 0 Å². The Kier molecular flexibility index (Phi) is 11.1. The highest BCUT2D eigenvalue weighted by Crippen LogP contribution is 2.39. The van der Waals surface area contributed by atoms with Crippen LogP contribution in [-0.2, 0) is 25.5 Å². The average Bonchev–Trinajstić information content (AvgIpc) is 3.01. The van der Waals surface area contributed by atoms with E-state index >= 15 is 0 Å². The van der Waals surface area contributed by atoms with Crippen molar-refractivity contribution in [1.29, 1.82) is 0 Å². The molecular formula is C37H44O5. The van der Waals surface area contributed by atoms with Gasteiger partial charge in [-0.1, -0.05) is 81.1 Å². The lowest BCUT2D eigenvalue weighted by Gasteiger charge is -2.31. The molecule has 0 saturated heterocycles. The zero-order chi connectivity index (χ0) is 30.1. The van der Waals surface area contributed by atoms with Crippen LogP contribution in [0.4, 0.5) is 0 Å². The maximum absolute atomic E-state index is 12.0. The molecule has 0 amide bonds. The molecule has 0 aliphatic heterocycles. The van der Waals surface area contributed by atoms with Gasteiger partial charge < -0.3 is 14.6 Å². The molecule has 42 heavy (non-hydrogen) atoms. The molecule has 0 aromatic heterocycles. The summed E-state index contributed by atoms with van der Waals surface area (Å²) in [5, 5.41) is 11.7. The predicted octanol–water partition coefficient (Wildman–Crippen LogP) is 7.95. The number of carbonyl (C=O) groups is 2. The van der Waals surface area contributed by atoms with Crippen molar-refractivity contribution in [3.05, 3.63) is 96.1 Å². The molecule has 4 rings (SSSR count). The molecule has 0 radical (unpaired) electrons. The fourth-order valence-electron chi connectivity index (χ4n) is 5.91. The molecule has 1 aliphatic rings. The van der Waals surface area contributed by atoms with Crippen molar-refractivity contribution in [1.82, 2.24) is 0 Å². The number of fused-ring (bicyclic) bond motifs is 1. The molecular weight excluding hydrogens is 524 g/mol. The average molecular weight is 569 g/mol. The third-order valence-electron chi connectivity index (χ3n) is 8.40. The van der Waals surface area contributed by atoms with E-state index in [0.29, 0.717) is 17.4 Å². The molecule has 1 N–H and O–H groups in total. The van der Waals surface area contributed by atoms with Crippen molar-refractivity contribution in [3.63, 3.8) is 0 Å². The zero-order valence-electron chi connectivity index (χ0n) is 25.1. The van der Waals surface area contributed by atoms with Crippen LogP contribution in [0.25, 0.3) is 21.9 Å². The summed E-state index contributed by atoms with van der Waals surface area (Å²) in [6, 6.07) is 22.6. The van der Waals surface area contributed by atoms with Gasteiger partial charge in [0.2, 0.25) is 0 Å². The molecule has 0 spiro atoms. The third kappa shape index (κ3) is 8.42. The molecule has 1 aliphatic carbocycles. The molecule has 1 saturated carbocycles. The highest BCUT2D eigenvalue weighted by Gasteiger charge is 2.26. The Hall–Kier alpha value is -3.70. The minimum absolute atomic E-state index is 0.0147. The summed E-state index contributed by atoms with van der Waals surface area (Å²) in [6.07, 6.45) is 7.40. The Morgan fingerprint density at radius 1 is 0.857 bits per heavy atom. The van der Waals surface area contributed by atoms with Crippen LogP contribution in [0.5, 0.6) is 0 Å². The summed E-state index contributed by atoms with van der Waals surface area (Å²) in [4.78, 5) is 24.0. The molecule has 1 fully saturated rings. The van der Waals surface area contributed by atoms with Crippen LogP contribution < -0.4 is 0 Å². The van der Waals surface area contributed by atoms with Crippen molar-refractivity contribution in [2.75, 3.05) is 19.8 Å². The van der Waals surface area contributed by atoms with Gasteiger partial charge in [-0.05, 0) is 96.4 Å². The summed E-state index contributed by atoms with van der Waals surface area (Å²) < 4.78 is 10.8. The minimum atomic E-state index is -0.620. The first-order chi connectivity index (χ1) is 20.3. The van der Waals surface area contributed by atoms with E-state index in [9.17, 15) is 9.59 Å². The summed E-state index contributed by atoms with van der Waals surface area (Å²) in [7, 11) is 0. The van der Waals surface area contributed by atoms with Crippen LogP contribution in [0, 0.1) is 11.8 Å². The minimum Gasteiger partial charge on any atom is -0.462 e. The van der Waals surface area contributed by atoms with Gasteiger partial charge in [-0.2, -0.15) is 0 Å². The highest BCUT2D eigenvalue weighted by atomic mass is 16.5. The van der Waals surface area contributed by atoms with Crippen LogP contribution in [0.15, 0.2) is 85.0 Å². The van der Waals surface area contributed by atoms with Gasteiger partial charge in [0, 0.05) is 11.5 Å². The summed E-state index contributed by atoms with van der Waals surface area (Å²) in [5.41, 5.74) is 5.62. The predicted molar refractivity (Wildman–Crippen MR) is 169 cm³/mol. The second-order valence-corrected chi connectivity index (χ2v) is 11.8. The first kappa shape index (κ1) is 31.2. The number of aliphatic hydroxyl groups excluding tert-OH is 1. The molecule has 5 heteroatoms. The second-order valence-electron chi connectivity index (χ2n) is 11.8. The standard InChI is InChI=1S/C37H44O5/c1-5-6-27-7-11-30(12-8-27)32-15-17-35-21-33(16-18-34(35)20-32)31-13-9-28(10-14-31)19-29(23-41-36(39)25(2)3)24-42-37(40)26(4)22-38/h7-8,11-12,15-18,20-21,28-29,31,38H,2,4-6,9-10,13-14,19,22-24H2,1,3H3. The molecule has 3 aromatic rings. The SMILES string of the molecule is C=C(C)C(=O)OCC(COC(=O)C(=C)CO)CC1CCC(c2ccc3cc(-c4ccc(CCC)cc4)ccc3c2)CC1. The number of hydrogen-bond acceptors (Lipinski definition) is 5. The van der Waals surface area contributed by atoms with Crippen LogP contribution in [-0.4, -0.2) is 36.9 Å². The lowest BCUT2D eigenvalue weighted by molar-refractivity contribution is -0.144. The molecule has 1 atom stereocenters. The maximum Gasteiger partial charge on any atom is 0.335 e. The summed E-state index contributed by atoms with van der Waals surface area (Å²) in [6.45, 7) is 10.8. The van der Waals surface area contributed by atoms with E-state index in [1.165, 1.54) is 33.0 Å². The van der Waals surface area contributed by atoms with Gasteiger partial charge in [0.15, 0.2) is 0 Å². The van der Waals surface area contributed by atoms with E-state index < -0.39 is 18.5 Å². The molecule has 0 heterocycles. The third-order valence-corrected chi connectivity index (χ3v) is 8.40. The lowest BCUT2D eigenvalue weighted by Crippen LogP contribution is -2.25. The van der Waals surface area contributed by atoms with E-state index in [-0.39, 0.29) is 24.7 Å². The molecule has 1 unspecified atom stereocenters. The largest absolute Gasteiger partial charge is 0.462 e. The van der Waals surface area contributed by atoms with Crippen LogP contribution >= 0.6 is 0 Å². The van der Waals surface area contributed by atoms with Crippen molar-refractivity contribution >= 4 is 22.7 Å². The van der Waals surface area contributed by atoms with E-state index in [1.807, 2.05) is 0 Å². The van der Waals surface area contributed by atoms with Crippen molar-refractivity contribution in [3.8, 4) is 11.1 Å². The molecule has 5 nitrogen and oxygen atoms in total. The maximum atomic E-state index is 12.0. The Morgan fingerprint density at radius 2 is 1.48 bits per heavy atom. The number of esters is 2. The molecule has 0 bridgehead atoms. The van der Waals surface area contributed by atoms with E-state index in [4.69, 9.17) is 14.6 Å². The molecule has 222 valence electrons. The fraction of sp³-hybridized carbons (Fsp3) is 0.405. The van der Waals surface area contributed by atoms with Crippen LogP contribution in [0.3, 0.4) is 0 Å². The number of hydrogen-bond donors (Lipinski definition) is 1. The number of benzene rings is 3.